The fraction of sp³-hybridized carbons (Fsp3) is 0.133. The molecular formula is C15H15NO2S. The second-order valence-corrected chi connectivity index (χ2v) is 4.51. The number of hydrogen-bond acceptors (Lipinski definition) is 3. The zero-order valence-corrected chi connectivity index (χ0v) is 11.2. The average molecular weight is 273 g/mol. The average Bonchev–Trinajstić information content (AvgIpc) is 2.42. The van der Waals surface area contributed by atoms with Crippen LogP contribution in [0, 0.1) is 0 Å². The van der Waals surface area contributed by atoms with E-state index in [9.17, 15) is 0 Å². The Kier molecular flexibility index (Phi) is 4.49. The Hall–Kier alpha value is -1.91. The van der Waals surface area contributed by atoms with E-state index in [0.29, 0.717) is 17.2 Å². The molecule has 0 aliphatic heterocycles. The van der Waals surface area contributed by atoms with E-state index < -0.39 is 0 Å². The fourth-order valence-corrected chi connectivity index (χ4v) is 1.88. The van der Waals surface area contributed by atoms with E-state index in [4.69, 9.17) is 27.8 Å². The van der Waals surface area contributed by atoms with Gasteiger partial charge in [-0.3, -0.25) is 0 Å². The van der Waals surface area contributed by atoms with Crippen molar-refractivity contribution < 1.29 is 9.84 Å². The molecule has 2 aromatic rings. The summed E-state index contributed by atoms with van der Waals surface area (Å²) in [6.07, 6.45) is 0.571. The molecule has 19 heavy (non-hydrogen) atoms. The SMILES string of the molecule is NC(=S)c1ccc(Oc2ccccc2CCO)cc1. The second-order valence-electron chi connectivity index (χ2n) is 4.07. The van der Waals surface area contributed by atoms with Crippen molar-refractivity contribution in [1.29, 1.82) is 0 Å². The zero-order chi connectivity index (χ0) is 13.7. The number of para-hydroxylation sites is 1. The lowest BCUT2D eigenvalue weighted by molar-refractivity contribution is 0.298. The van der Waals surface area contributed by atoms with Crippen molar-refractivity contribution >= 4 is 17.2 Å². The van der Waals surface area contributed by atoms with Crippen LogP contribution in [0.2, 0.25) is 0 Å². The van der Waals surface area contributed by atoms with E-state index in [1.54, 1.807) is 0 Å². The molecule has 0 aromatic heterocycles. The smallest absolute Gasteiger partial charge is 0.130 e. The highest BCUT2D eigenvalue weighted by molar-refractivity contribution is 7.80. The van der Waals surface area contributed by atoms with Gasteiger partial charge in [0.25, 0.3) is 0 Å². The van der Waals surface area contributed by atoms with Gasteiger partial charge in [0.1, 0.15) is 16.5 Å². The Morgan fingerprint density at radius 2 is 1.79 bits per heavy atom. The predicted octanol–water partition coefficient (Wildman–Crippen LogP) is 2.65. The highest BCUT2D eigenvalue weighted by atomic mass is 32.1. The zero-order valence-electron chi connectivity index (χ0n) is 10.4. The Morgan fingerprint density at radius 1 is 1.11 bits per heavy atom. The van der Waals surface area contributed by atoms with Gasteiger partial charge in [0.05, 0.1) is 0 Å². The van der Waals surface area contributed by atoms with Crippen molar-refractivity contribution in [3.63, 3.8) is 0 Å². The molecule has 3 N–H and O–H groups in total. The summed E-state index contributed by atoms with van der Waals surface area (Å²) in [7, 11) is 0. The summed E-state index contributed by atoms with van der Waals surface area (Å²) in [4.78, 5) is 0.368. The minimum absolute atomic E-state index is 0.0980. The summed E-state index contributed by atoms with van der Waals surface area (Å²) in [6.45, 7) is 0.0980. The van der Waals surface area contributed by atoms with Gasteiger partial charge in [-0.2, -0.15) is 0 Å². The first-order valence-electron chi connectivity index (χ1n) is 5.97. The van der Waals surface area contributed by atoms with Crippen LogP contribution in [0.1, 0.15) is 11.1 Å². The lowest BCUT2D eigenvalue weighted by atomic mass is 10.1. The van der Waals surface area contributed by atoms with Gasteiger partial charge in [0.15, 0.2) is 0 Å². The normalized spacial score (nSPS) is 10.2. The lowest BCUT2D eigenvalue weighted by Gasteiger charge is -2.10. The van der Waals surface area contributed by atoms with E-state index >= 15 is 0 Å². The van der Waals surface area contributed by atoms with Crippen molar-refractivity contribution in [2.75, 3.05) is 6.61 Å². The van der Waals surface area contributed by atoms with Crippen LogP contribution < -0.4 is 10.5 Å². The standard InChI is InChI=1S/C15H15NO2S/c16-15(19)12-5-7-13(8-6-12)18-14-4-2-1-3-11(14)9-10-17/h1-8,17H,9-10H2,(H2,16,19). The third-order valence-electron chi connectivity index (χ3n) is 2.72. The molecule has 0 spiro atoms. The number of aliphatic hydroxyl groups is 1. The van der Waals surface area contributed by atoms with Crippen molar-refractivity contribution in [2.45, 2.75) is 6.42 Å². The van der Waals surface area contributed by atoms with E-state index in [2.05, 4.69) is 0 Å². The van der Waals surface area contributed by atoms with Gasteiger partial charge < -0.3 is 15.6 Å². The maximum absolute atomic E-state index is 9.02. The third-order valence-corrected chi connectivity index (χ3v) is 2.96. The van der Waals surface area contributed by atoms with Crippen molar-refractivity contribution in [1.82, 2.24) is 0 Å². The maximum Gasteiger partial charge on any atom is 0.130 e. The number of benzene rings is 2. The minimum atomic E-state index is 0.0980. The quantitative estimate of drug-likeness (QED) is 0.822. The predicted molar refractivity (Wildman–Crippen MR) is 79.6 cm³/mol. The number of thiocarbonyl (C=S) groups is 1. The first-order chi connectivity index (χ1) is 9.20. The topological polar surface area (TPSA) is 55.5 Å². The van der Waals surface area contributed by atoms with E-state index in [0.717, 1.165) is 16.9 Å². The van der Waals surface area contributed by atoms with Gasteiger partial charge in [-0.15, -0.1) is 0 Å². The highest BCUT2D eigenvalue weighted by Gasteiger charge is 2.04. The van der Waals surface area contributed by atoms with Gasteiger partial charge >= 0.3 is 0 Å². The maximum atomic E-state index is 9.02. The molecule has 98 valence electrons. The summed E-state index contributed by atoms with van der Waals surface area (Å²) >= 11 is 4.90. The van der Waals surface area contributed by atoms with Crippen LogP contribution in [-0.4, -0.2) is 16.7 Å². The Bertz CT molecular complexity index is 567. The van der Waals surface area contributed by atoms with Gasteiger partial charge in [-0.1, -0.05) is 30.4 Å². The summed E-state index contributed by atoms with van der Waals surface area (Å²) in [5.74, 6) is 1.46. The van der Waals surface area contributed by atoms with Crippen LogP contribution in [0.4, 0.5) is 0 Å². The van der Waals surface area contributed by atoms with E-state index in [1.165, 1.54) is 0 Å². The largest absolute Gasteiger partial charge is 0.457 e. The van der Waals surface area contributed by atoms with Crippen LogP contribution in [0.3, 0.4) is 0 Å². The van der Waals surface area contributed by atoms with Gasteiger partial charge in [0, 0.05) is 12.2 Å². The summed E-state index contributed by atoms with van der Waals surface area (Å²) in [6, 6.07) is 14.9. The summed E-state index contributed by atoms with van der Waals surface area (Å²) < 4.78 is 5.80. The molecule has 0 bridgehead atoms. The third kappa shape index (κ3) is 3.53. The van der Waals surface area contributed by atoms with Crippen molar-refractivity contribution in [3.8, 4) is 11.5 Å². The number of rotatable bonds is 5. The molecule has 2 rings (SSSR count). The van der Waals surface area contributed by atoms with Gasteiger partial charge in [-0.05, 0) is 42.3 Å². The molecule has 0 aliphatic carbocycles. The number of nitrogens with two attached hydrogens (primary N) is 1. The van der Waals surface area contributed by atoms with Crippen molar-refractivity contribution in [3.05, 3.63) is 59.7 Å². The number of aliphatic hydroxyl groups excluding tert-OH is 1. The van der Waals surface area contributed by atoms with Crippen LogP contribution >= 0.6 is 12.2 Å². The molecule has 0 atom stereocenters. The van der Waals surface area contributed by atoms with Gasteiger partial charge in [0.2, 0.25) is 0 Å². The molecule has 0 heterocycles. The Morgan fingerprint density at radius 3 is 2.42 bits per heavy atom. The molecule has 0 radical (unpaired) electrons. The molecule has 0 unspecified atom stereocenters. The van der Waals surface area contributed by atoms with E-state index in [1.807, 2.05) is 48.5 Å². The fourth-order valence-electron chi connectivity index (χ4n) is 1.74. The summed E-state index contributed by atoms with van der Waals surface area (Å²) in [5, 5.41) is 9.02. The molecule has 0 fully saturated rings. The molecule has 0 amide bonds. The van der Waals surface area contributed by atoms with E-state index in [-0.39, 0.29) is 6.61 Å². The Balaban J connectivity index is 2.19. The molecule has 0 saturated carbocycles. The van der Waals surface area contributed by atoms with Crippen LogP contribution in [0.25, 0.3) is 0 Å². The van der Waals surface area contributed by atoms with Crippen LogP contribution in [0.5, 0.6) is 11.5 Å². The molecule has 3 nitrogen and oxygen atoms in total. The monoisotopic (exact) mass is 273 g/mol. The van der Waals surface area contributed by atoms with Crippen LogP contribution in [-0.2, 0) is 6.42 Å². The number of hydrogen-bond donors (Lipinski definition) is 2. The lowest BCUT2D eigenvalue weighted by Crippen LogP contribution is -2.08. The highest BCUT2D eigenvalue weighted by Crippen LogP contribution is 2.25. The molecule has 0 aliphatic rings. The minimum Gasteiger partial charge on any atom is -0.457 e. The first-order valence-corrected chi connectivity index (χ1v) is 6.38. The molecule has 2 aromatic carbocycles. The van der Waals surface area contributed by atoms with Gasteiger partial charge in [-0.25, -0.2) is 0 Å². The number of ether oxygens (including phenoxy) is 1. The summed E-state index contributed by atoms with van der Waals surface area (Å²) in [5.41, 5.74) is 7.33. The Labute approximate surface area is 117 Å². The molecule has 4 heteroatoms. The van der Waals surface area contributed by atoms with Crippen molar-refractivity contribution in [2.24, 2.45) is 5.73 Å². The second kappa shape index (κ2) is 6.31. The molecule has 0 saturated heterocycles. The van der Waals surface area contributed by atoms with Crippen LogP contribution in [0.15, 0.2) is 48.5 Å². The molecular weight excluding hydrogens is 258 g/mol. The first kappa shape index (κ1) is 13.5.